The molecule has 0 bridgehead atoms. The second-order valence-corrected chi connectivity index (χ2v) is 7.08. The van der Waals surface area contributed by atoms with Gasteiger partial charge in [0.2, 0.25) is 11.9 Å². The number of hydrogen-bond acceptors (Lipinski definition) is 5. The van der Waals surface area contributed by atoms with Crippen molar-refractivity contribution in [2.75, 3.05) is 10.6 Å². The molecule has 5 N–H and O–H groups in total. The second kappa shape index (κ2) is 8.07. The lowest BCUT2D eigenvalue weighted by Crippen LogP contribution is -2.21. The normalized spacial score (nSPS) is 12.3. The fourth-order valence-corrected chi connectivity index (χ4v) is 3.04. The zero-order valence-electron chi connectivity index (χ0n) is 15.9. The van der Waals surface area contributed by atoms with Gasteiger partial charge in [-0.15, -0.1) is 0 Å². The number of carbonyl (C=O) groups is 1. The standard InChI is InChI=1S/C20H26N6O/c1-4-14(11-12(2)3)23-19-16-9-10-22-18(16)25-20(26-19)24-15-7-5-13(6-8-15)17(21)27/h5-10,12,14H,4,11H2,1-3H3,(H2,21,27)(H3,22,23,24,25,26). The lowest BCUT2D eigenvalue weighted by atomic mass is 10.0. The van der Waals surface area contributed by atoms with E-state index in [-0.39, 0.29) is 0 Å². The number of H-pyrrole nitrogens is 1. The molecule has 0 aliphatic rings. The van der Waals surface area contributed by atoms with Crippen molar-refractivity contribution < 1.29 is 4.79 Å². The number of nitrogens with one attached hydrogen (secondary N) is 3. The van der Waals surface area contributed by atoms with Crippen LogP contribution in [0.4, 0.5) is 17.5 Å². The van der Waals surface area contributed by atoms with Crippen molar-refractivity contribution in [1.29, 1.82) is 0 Å². The van der Waals surface area contributed by atoms with Gasteiger partial charge >= 0.3 is 0 Å². The summed E-state index contributed by atoms with van der Waals surface area (Å²) in [5.74, 6) is 1.45. The Balaban J connectivity index is 1.87. The number of nitrogens with two attached hydrogens (primary N) is 1. The number of nitrogens with zero attached hydrogens (tertiary/aromatic N) is 2. The lowest BCUT2D eigenvalue weighted by Gasteiger charge is -2.20. The summed E-state index contributed by atoms with van der Waals surface area (Å²) < 4.78 is 0. The largest absolute Gasteiger partial charge is 0.367 e. The second-order valence-electron chi connectivity index (χ2n) is 7.08. The third kappa shape index (κ3) is 4.55. The lowest BCUT2D eigenvalue weighted by molar-refractivity contribution is 0.100. The van der Waals surface area contributed by atoms with Crippen LogP contribution in [-0.4, -0.2) is 26.9 Å². The maximum Gasteiger partial charge on any atom is 0.248 e. The SMILES string of the molecule is CCC(CC(C)C)Nc1nc(Nc2ccc(C(N)=O)cc2)nc2[nH]ccc12. The van der Waals surface area contributed by atoms with E-state index >= 15 is 0 Å². The molecule has 2 heterocycles. The third-order valence-electron chi connectivity index (χ3n) is 4.43. The first-order chi connectivity index (χ1) is 13.0. The first-order valence-electron chi connectivity index (χ1n) is 9.24. The van der Waals surface area contributed by atoms with Crippen molar-refractivity contribution in [3.63, 3.8) is 0 Å². The van der Waals surface area contributed by atoms with Gasteiger partial charge in [0.15, 0.2) is 0 Å². The molecular weight excluding hydrogens is 340 g/mol. The molecule has 0 aliphatic carbocycles. The predicted molar refractivity (Wildman–Crippen MR) is 109 cm³/mol. The topological polar surface area (TPSA) is 109 Å². The third-order valence-corrected chi connectivity index (χ3v) is 4.43. The van der Waals surface area contributed by atoms with Gasteiger partial charge in [0.05, 0.1) is 5.39 Å². The summed E-state index contributed by atoms with van der Waals surface area (Å²) in [5, 5.41) is 7.72. The van der Waals surface area contributed by atoms with Crippen LogP contribution in [0.2, 0.25) is 0 Å². The minimum atomic E-state index is -0.451. The summed E-state index contributed by atoms with van der Waals surface area (Å²) in [7, 11) is 0. The summed E-state index contributed by atoms with van der Waals surface area (Å²) in [6.07, 6.45) is 3.95. The van der Waals surface area contributed by atoms with E-state index in [0.29, 0.717) is 23.5 Å². The molecule has 0 saturated carbocycles. The quantitative estimate of drug-likeness (QED) is 0.481. The van der Waals surface area contributed by atoms with Crippen molar-refractivity contribution in [2.45, 2.75) is 39.7 Å². The van der Waals surface area contributed by atoms with E-state index in [1.165, 1.54) is 0 Å². The molecule has 142 valence electrons. The summed E-state index contributed by atoms with van der Waals surface area (Å²) >= 11 is 0. The number of primary amides is 1. The highest BCUT2D eigenvalue weighted by atomic mass is 16.1. The average Bonchev–Trinajstić information content (AvgIpc) is 3.10. The summed E-state index contributed by atoms with van der Waals surface area (Å²) in [4.78, 5) is 23.6. The molecule has 3 rings (SSSR count). The van der Waals surface area contributed by atoms with Gasteiger partial charge < -0.3 is 21.4 Å². The van der Waals surface area contributed by atoms with Crippen LogP contribution in [0, 0.1) is 5.92 Å². The van der Waals surface area contributed by atoms with Gasteiger partial charge in [-0.05, 0) is 49.1 Å². The molecule has 2 aromatic heterocycles. The van der Waals surface area contributed by atoms with Crippen LogP contribution in [0.1, 0.15) is 44.0 Å². The first kappa shape index (κ1) is 18.7. The molecule has 0 spiro atoms. The van der Waals surface area contributed by atoms with Gasteiger partial charge in [0.1, 0.15) is 11.5 Å². The highest BCUT2D eigenvalue weighted by molar-refractivity contribution is 5.93. The summed E-state index contributed by atoms with van der Waals surface area (Å²) in [5.41, 5.74) is 7.30. The van der Waals surface area contributed by atoms with Crippen molar-refractivity contribution >= 4 is 34.4 Å². The van der Waals surface area contributed by atoms with E-state index in [2.05, 4.69) is 46.4 Å². The molecule has 7 heteroatoms. The number of benzene rings is 1. The van der Waals surface area contributed by atoms with Crippen molar-refractivity contribution in [1.82, 2.24) is 15.0 Å². The Labute approximate surface area is 158 Å². The Morgan fingerprint density at radius 2 is 1.93 bits per heavy atom. The molecule has 1 atom stereocenters. The summed E-state index contributed by atoms with van der Waals surface area (Å²) in [6.45, 7) is 6.62. The number of aromatic nitrogens is 3. The molecule has 27 heavy (non-hydrogen) atoms. The van der Waals surface area contributed by atoms with Crippen LogP contribution in [-0.2, 0) is 0 Å². The van der Waals surface area contributed by atoms with E-state index in [1.54, 1.807) is 24.3 Å². The van der Waals surface area contributed by atoms with Crippen LogP contribution >= 0.6 is 0 Å². The average molecular weight is 366 g/mol. The Kier molecular flexibility index (Phi) is 5.59. The Bertz CT molecular complexity index is 916. The molecule has 3 aromatic rings. The van der Waals surface area contributed by atoms with Crippen LogP contribution in [0.5, 0.6) is 0 Å². The number of hydrogen-bond donors (Lipinski definition) is 4. The number of amides is 1. The van der Waals surface area contributed by atoms with Crippen LogP contribution in [0.15, 0.2) is 36.5 Å². The van der Waals surface area contributed by atoms with E-state index in [9.17, 15) is 4.79 Å². The van der Waals surface area contributed by atoms with Crippen molar-refractivity contribution in [2.24, 2.45) is 11.7 Å². The van der Waals surface area contributed by atoms with Crippen molar-refractivity contribution in [3.05, 3.63) is 42.1 Å². The van der Waals surface area contributed by atoms with Gasteiger partial charge in [0, 0.05) is 23.5 Å². The minimum Gasteiger partial charge on any atom is -0.367 e. The first-order valence-corrected chi connectivity index (χ1v) is 9.24. The van der Waals surface area contributed by atoms with Gasteiger partial charge in [-0.1, -0.05) is 20.8 Å². The molecule has 1 amide bonds. The number of anilines is 3. The molecule has 1 unspecified atom stereocenters. The number of carbonyl (C=O) groups excluding carboxylic acids is 1. The van der Waals surface area contributed by atoms with Gasteiger partial charge in [0.25, 0.3) is 0 Å². The fourth-order valence-electron chi connectivity index (χ4n) is 3.04. The Morgan fingerprint density at radius 1 is 1.19 bits per heavy atom. The van der Waals surface area contributed by atoms with Gasteiger partial charge in [-0.25, -0.2) is 0 Å². The van der Waals surface area contributed by atoms with Gasteiger partial charge in [-0.3, -0.25) is 4.79 Å². The molecule has 0 aliphatic heterocycles. The molecule has 0 radical (unpaired) electrons. The van der Waals surface area contributed by atoms with E-state index in [1.807, 2.05) is 12.3 Å². The van der Waals surface area contributed by atoms with E-state index in [4.69, 9.17) is 5.73 Å². The zero-order chi connectivity index (χ0) is 19.4. The van der Waals surface area contributed by atoms with Crippen LogP contribution in [0.3, 0.4) is 0 Å². The van der Waals surface area contributed by atoms with E-state index < -0.39 is 5.91 Å². The summed E-state index contributed by atoms with van der Waals surface area (Å²) in [6, 6.07) is 9.23. The van der Waals surface area contributed by atoms with Crippen LogP contribution in [0.25, 0.3) is 11.0 Å². The monoisotopic (exact) mass is 366 g/mol. The number of fused-ring (bicyclic) bond motifs is 1. The maximum absolute atomic E-state index is 11.2. The zero-order valence-corrected chi connectivity index (χ0v) is 15.9. The molecule has 1 aromatic carbocycles. The Hall–Kier alpha value is -3.09. The predicted octanol–water partition coefficient (Wildman–Crippen LogP) is 4.04. The highest BCUT2D eigenvalue weighted by Gasteiger charge is 2.14. The van der Waals surface area contributed by atoms with Crippen molar-refractivity contribution in [3.8, 4) is 0 Å². The maximum atomic E-state index is 11.2. The number of rotatable bonds is 8. The minimum absolute atomic E-state index is 0.348. The Morgan fingerprint density at radius 3 is 2.56 bits per heavy atom. The van der Waals surface area contributed by atoms with E-state index in [0.717, 1.165) is 35.4 Å². The molecule has 0 saturated heterocycles. The molecular formula is C20H26N6O. The van der Waals surface area contributed by atoms with Gasteiger partial charge in [-0.2, -0.15) is 9.97 Å². The number of aromatic amines is 1. The molecule has 0 fully saturated rings. The fraction of sp³-hybridized carbons (Fsp3) is 0.350. The highest BCUT2D eigenvalue weighted by Crippen LogP contribution is 2.25. The smallest absolute Gasteiger partial charge is 0.248 e. The van der Waals surface area contributed by atoms with Crippen LogP contribution < -0.4 is 16.4 Å². The molecule has 7 nitrogen and oxygen atoms in total.